The molecule has 6 nitrogen and oxygen atoms in total. The van der Waals surface area contributed by atoms with Gasteiger partial charge in [0.2, 0.25) is 17.7 Å². The highest BCUT2D eigenvalue weighted by atomic mass is 32.2. The van der Waals surface area contributed by atoms with Gasteiger partial charge in [-0.2, -0.15) is 0 Å². The molecule has 0 radical (unpaired) electrons. The lowest BCUT2D eigenvalue weighted by atomic mass is 10.3. The Kier molecular flexibility index (Phi) is 4.73. The Balaban J connectivity index is 1.58. The molecule has 2 aromatic rings. The van der Waals surface area contributed by atoms with Crippen molar-refractivity contribution in [2.45, 2.75) is 11.7 Å². The van der Waals surface area contributed by atoms with Crippen LogP contribution in [0.2, 0.25) is 0 Å². The number of para-hydroxylation sites is 1. The molecule has 1 saturated heterocycles. The van der Waals surface area contributed by atoms with Gasteiger partial charge in [0, 0.05) is 18.0 Å². The van der Waals surface area contributed by atoms with Crippen LogP contribution in [0.25, 0.3) is 0 Å². The maximum Gasteiger partial charge on any atom is 0.247 e. The van der Waals surface area contributed by atoms with Crippen molar-refractivity contribution in [2.24, 2.45) is 0 Å². The second-order valence-corrected chi connectivity index (χ2v) is 6.88. The van der Waals surface area contributed by atoms with Crippen molar-refractivity contribution in [2.75, 3.05) is 16.0 Å². The quantitative estimate of drug-likeness (QED) is 0.839. The predicted molar refractivity (Wildman–Crippen MR) is 90.5 cm³/mol. The monoisotopic (exact) mass is 347 g/mol. The van der Waals surface area contributed by atoms with Gasteiger partial charge in [0.05, 0.1) is 16.7 Å². The highest BCUT2D eigenvalue weighted by molar-refractivity contribution is 8.01. The number of hydrogen-bond donors (Lipinski definition) is 1. The van der Waals surface area contributed by atoms with E-state index in [1.807, 2.05) is 6.07 Å². The van der Waals surface area contributed by atoms with Crippen LogP contribution in [0.1, 0.15) is 6.42 Å². The highest BCUT2D eigenvalue weighted by Gasteiger charge is 2.39. The van der Waals surface area contributed by atoms with Crippen molar-refractivity contribution in [1.82, 2.24) is 4.98 Å². The van der Waals surface area contributed by atoms with Crippen molar-refractivity contribution in [3.05, 3.63) is 41.9 Å². The number of nitrogens with one attached hydrogen (secondary N) is 1. The zero-order valence-electron chi connectivity index (χ0n) is 12.0. The SMILES string of the molecule is O=C(CS[C@H]1CC(=O)N(c2ccccc2)C1=O)Nc1nccs1. The third kappa shape index (κ3) is 3.59. The lowest BCUT2D eigenvalue weighted by Crippen LogP contribution is -2.31. The van der Waals surface area contributed by atoms with E-state index < -0.39 is 5.25 Å². The van der Waals surface area contributed by atoms with Gasteiger partial charge in [-0.1, -0.05) is 18.2 Å². The third-order valence-electron chi connectivity index (χ3n) is 3.21. The van der Waals surface area contributed by atoms with E-state index in [4.69, 9.17) is 0 Å². The zero-order chi connectivity index (χ0) is 16.2. The number of thioether (sulfide) groups is 1. The Labute approximate surface area is 140 Å². The summed E-state index contributed by atoms with van der Waals surface area (Å²) in [6.45, 7) is 0. The standard InChI is InChI=1S/C15H13N3O3S2/c19-12(17-15-16-6-7-22-15)9-23-11-8-13(20)18(14(11)21)10-4-2-1-3-5-10/h1-7,11H,8-9H2,(H,16,17,19)/t11-/m0/s1. The van der Waals surface area contributed by atoms with Gasteiger partial charge < -0.3 is 5.32 Å². The predicted octanol–water partition coefficient (Wildman–Crippen LogP) is 2.15. The minimum absolute atomic E-state index is 0.103. The van der Waals surface area contributed by atoms with Gasteiger partial charge in [0.25, 0.3) is 0 Å². The molecule has 0 bridgehead atoms. The molecule has 1 aliphatic rings. The normalized spacial score (nSPS) is 17.6. The van der Waals surface area contributed by atoms with Crippen LogP contribution in [0.15, 0.2) is 41.9 Å². The fourth-order valence-corrected chi connectivity index (χ4v) is 3.68. The lowest BCUT2D eigenvalue weighted by Gasteiger charge is -2.14. The average molecular weight is 347 g/mol. The number of imide groups is 1. The van der Waals surface area contributed by atoms with Crippen LogP contribution in [0, 0.1) is 0 Å². The van der Waals surface area contributed by atoms with Gasteiger partial charge in [-0.25, -0.2) is 9.88 Å². The average Bonchev–Trinajstić information content (AvgIpc) is 3.14. The number of anilines is 2. The molecule has 3 rings (SSSR count). The number of carbonyl (C=O) groups excluding carboxylic acids is 3. The molecule has 1 N–H and O–H groups in total. The Morgan fingerprint density at radius 2 is 2.13 bits per heavy atom. The molecule has 1 atom stereocenters. The van der Waals surface area contributed by atoms with Crippen LogP contribution in [-0.4, -0.2) is 33.7 Å². The molecule has 23 heavy (non-hydrogen) atoms. The molecule has 1 aromatic carbocycles. The van der Waals surface area contributed by atoms with E-state index in [-0.39, 0.29) is 29.9 Å². The Morgan fingerprint density at radius 1 is 1.35 bits per heavy atom. The van der Waals surface area contributed by atoms with Gasteiger partial charge >= 0.3 is 0 Å². The molecule has 2 heterocycles. The molecule has 0 spiro atoms. The lowest BCUT2D eigenvalue weighted by molar-refractivity contribution is -0.121. The second kappa shape index (κ2) is 6.93. The van der Waals surface area contributed by atoms with E-state index >= 15 is 0 Å². The summed E-state index contributed by atoms with van der Waals surface area (Å²) in [4.78, 5) is 41.5. The first kappa shape index (κ1) is 15.7. The van der Waals surface area contributed by atoms with E-state index in [2.05, 4.69) is 10.3 Å². The van der Waals surface area contributed by atoms with Crippen LogP contribution >= 0.6 is 23.1 Å². The molecule has 8 heteroatoms. The summed E-state index contributed by atoms with van der Waals surface area (Å²) in [5.41, 5.74) is 0.567. The van der Waals surface area contributed by atoms with E-state index in [0.29, 0.717) is 10.8 Å². The maximum absolute atomic E-state index is 12.4. The van der Waals surface area contributed by atoms with Crippen molar-refractivity contribution >= 4 is 51.6 Å². The van der Waals surface area contributed by atoms with Gasteiger partial charge in [-0.05, 0) is 12.1 Å². The first-order valence-electron chi connectivity index (χ1n) is 6.88. The number of thiazole rings is 1. The Bertz CT molecular complexity index is 719. The third-order valence-corrected chi connectivity index (χ3v) is 5.10. The number of amides is 3. The van der Waals surface area contributed by atoms with Crippen molar-refractivity contribution < 1.29 is 14.4 Å². The summed E-state index contributed by atoms with van der Waals surface area (Å²) in [7, 11) is 0. The van der Waals surface area contributed by atoms with Gasteiger partial charge in [-0.15, -0.1) is 23.1 Å². The molecule has 118 valence electrons. The number of benzene rings is 1. The Hall–Kier alpha value is -2.19. The van der Waals surface area contributed by atoms with Crippen LogP contribution in [-0.2, 0) is 14.4 Å². The molecule has 3 amide bonds. The van der Waals surface area contributed by atoms with E-state index in [0.717, 1.165) is 0 Å². The smallest absolute Gasteiger partial charge is 0.247 e. The van der Waals surface area contributed by atoms with Gasteiger partial charge in [-0.3, -0.25) is 14.4 Å². The summed E-state index contributed by atoms with van der Waals surface area (Å²) >= 11 is 2.50. The molecule has 0 saturated carbocycles. The zero-order valence-corrected chi connectivity index (χ0v) is 13.6. The molecular formula is C15H13N3O3S2. The van der Waals surface area contributed by atoms with Crippen LogP contribution in [0.4, 0.5) is 10.8 Å². The van der Waals surface area contributed by atoms with Crippen molar-refractivity contribution in [3.8, 4) is 0 Å². The van der Waals surface area contributed by atoms with Crippen LogP contribution < -0.4 is 10.2 Å². The highest BCUT2D eigenvalue weighted by Crippen LogP contribution is 2.29. The first-order chi connectivity index (χ1) is 11.1. The molecule has 0 aliphatic carbocycles. The molecule has 1 aromatic heterocycles. The number of nitrogens with zero attached hydrogens (tertiary/aromatic N) is 2. The molecular weight excluding hydrogens is 334 g/mol. The summed E-state index contributed by atoms with van der Waals surface area (Å²) in [5.74, 6) is -0.637. The summed E-state index contributed by atoms with van der Waals surface area (Å²) in [6, 6.07) is 8.81. The number of rotatable bonds is 5. The molecule has 1 fully saturated rings. The van der Waals surface area contributed by atoms with Crippen LogP contribution in [0.3, 0.4) is 0 Å². The Morgan fingerprint density at radius 3 is 2.83 bits per heavy atom. The summed E-state index contributed by atoms with van der Waals surface area (Å²) in [6.07, 6.45) is 1.72. The molecule has 0 unspecified atom stereocenters. The van der Waals surface area contributed by atoms with Gasteiger partial charge in [0.15, 0.2) is 5.13 Å². The van der Waals surface area contributed by atoms with Crippen molar-refractivity contribution in [3.63, 3.8) is 0 Å². The fourth-order valence-electron chi connectivity index (χ4n) is 2.20. The second-order valence-electron chi connectivity index (χ2n) is 4.79. The minimum Gasteiger partial charge on any atom is -0.301 e. The first-order valence-corrected chi connectivity index (χ1v) is 8.81. The van der Waals surface area contributed by atoms with Gasteiger partial charge in [0.1, 0.15) is 0 Å². The number of hydrogen-bond acceptors (Lipinski definition) is 6. The molecule has 1 aliphatic heterocycles. The van der Waals surface area contributed by atoms with Crippen molar-refractivity contribution in [1.29, 1.82) is 0 Å². The van der Waals surface area contributed by atoms with E-state index in [1.54, 1.807) is 35.8 Å². The maximum atomic E-state index is 12.4. The number of carbonyl (C=O) groups is 3. The largest absolute Gasteiger partial charge is 0.301 e. The number of aromatic nitrogens is 1. The fraction of sp³-hybridized carbons (Fsp3) is 0.200. The van der Waals surface area contributed by atoms with E-state index in [9.17, 15) is 14.4 Å². The summed E-state index contributed by atoms with van der Waals surface area (Å²) in [5, 5.41) is 4.42. The summed E-state index contributed by atoms with van der Waals surface area (Å²) < 4.78 is 0. The van der Waals surface area contributed by atoms with E-state index in [1.165, 1.54) is 28.0 Å². The van der Waals surface area contributed by atoms with Crippen LogP contribution in [0.5, 0.6) is 0 Å². The minimum atomic E-state index is -0.523. The topological polar surface area (TPSA) is 79.4 Å².